The third-order valence-corrected chi connectivity index (χ3v) is 1.03. The van der Waals surface area contributed by atoms with Gasteiger partial charge in [0.05, 0.1) is 6.61 Å². The molecule has 9 heavy (non-hydrogen) atoms. The van der Waals surface area contributed by atoms with E-state index in [0.717, 1.165) is 6.42 Å². The third kappa shape index (κ3) is 4.18. The molecule has 0 bridgehead atoms. The van der Waals surface area contributed by atoms with E-state index < -0.39 is 5.60 Å². The second-order valence-corrected chi connectivity index (χ2v) is 2.33. The smallest absolute Gasteiger partial charge is 0.103 e. The van der Waals surface area contributed by atoms with Crippen molar-refractivity contribution in [1.82, 2.24) is 0 Å². The molecule has 0 amide bonds. The summed E-state index contributed by atoms with van der Waals surface area (Å²) in [6.45, 7) is 3.33. The lowest BCUT2D eigenvalue weighted by Crippen LogP contribution is -2.25. The fraction of sp³-hybridized carbons (Fsp3) is 0.714. The molecule has 0 radical (unpaired) electrons. The molecule has 2 heteroatoms. The fourth-order valence-corrected chi connectivity index (χ4v) is 0.424. The van der Waals surface area contributed by atoms with E-state index in [9.17, 15) is 0 Å². The molecular weight excluding hydrogens is 116 g/mol. The van der Waals surface area contributed by atoms with Gasteiger partial charge in [-0.05, 0) is 13.3 Å². The highest BCUT2D eigenvalue weighted by Gasteiger charge is 2.12. The predicted molar refractivity (Wildman–Crippen MR) is 37.1 cm³/mol. The van der Waals surface area contributed by atoms with Crippen molar-refractivity contribution in [3.8, 4) is 0 Å². The lowest BCUT2D eigenvalue weighted by atomic mass is 10.1. The van der Waals surface area contributed by atoms with Crippen LogP contribution in [-0.4, -0.2) is 22.4 Å². The summed E-state index contributed by atoms with van der Waals surface area (Å²) in [5.41, 5.74) is -1.03. The highest BCUT2D eigenvalue weighted by molar-refractivity contribution is 4.97. The molecule has 0 rings (SSSR count). The van der Waals surface area contributed by atoms with Crippen LogP contribution in [-0.2, 0) is 0 Å². The van der Waals surface area contributed by atoms with Gasteiger partial charge in [-0.25, -0.2) is 0 Å². The lowest BCUT2D eigenvalue weighted by molar-refractivity contribution is 0.0433. The van der Waals surface area contributed by atoms with Crippen LogP contribution in [0.15, 0.2) is 12.2 Å². The Bertz CT molecular complexity index is 95.1. The zero-order valence-electron chi connectivity index (χ0n) is 5.96. The maximum absolute atomic E-state index is 9.12. The highest BCUT2D eigenvalue weighted by Crippen LogP contribution is 2.03. The minimum atomic E-state index is -1.03. The van der Waals surface area contributed by atoms with E-state index >= 15 is 0 Å². The monoisotopic (exact) mass is 130 g/mol. The summed E-state index contributed by atoms with van der Waals surface area (Å²) >= 11 is 0. The molecular formula is C7H14O2. The Kier molecular flexibility index (Phi) is 3.50. The lowest BCUT2D eigenvalue weighted by Gasteiger charge is -2.13. The minimum Gasteiger partial charge on any atom is -0.393 e. The van der Waals surface area contributed by atoms with Gasteiger partial charge in [-0.15, -0.1) is 0 Å². The molecule has 0 aromatic rings. The first kappa shape index (κ1) is 8.66. The second-order valence-electron chi connectivity index (χ2n) is 2.33. The fourth-order valence-electron chi connectivity index (χ4n) is 0.424. The molecule has 0 aromatic heterocycles. The van der Waals surface area contributed by atoms with Crippen molar-refractivity contribution >= 4 is 0 Å². The maximum atomic E-state index is 9.12. The van der Waals surface area contributed by atoms with E-state index in [2.05, 4.69) is 0 Å². The Morgan fingerprint density at radius 1 is 1.56 bits per heavy atom. The van der Waals surface area contributed by atoms with Crippen LogP contribution in [0.4, 0.5) is 0 Å². The van der Waals surface area contributed by atoms with Gasteiger partial charge in [-0.1, -0.05) is 19.1 Å². The summed E-state index contributed by atoms with van der Waals surface area (Å²) in [5.74, 6) is 0. The third-order valence-electron chi connectivity index (χ3n) is 1.03. The summed E-state index contributed by atoms with van der Waals surface area (Å²) in [5, 5.41) is 17.6. The van der Waals surface area contributed by atoms with Crippen LogP contribution in [0.1, 0.15) is 20.3 Å². The van der Waals surface area contributed by atoms with Gasteiger partial charge in [0.1, 0.15) is 5.60 Å². The van der Waals surface area contributed by atoms with E-state index in [1.165, 1.54) is 0 Å². The average molecular weight is 130 g/mol. The van der Waals surface area contributed by atoms with E-state index in [1.807, 2.05) is 13.0 Å². The Balaban J connectivity index is 3.70. The quantitative estimate of drug-likeness (QED) is 0.552. The molecule has 0 aliphatic rings. The van der Waals surface area contributed by atoms with Crippen molar-refractivity contribution in [2.75, 3.05) is 6.61 Å². The summed E-state index contributed by atoms with van der Waals surface area (Å²) in [6.07, 6.45) is 4.32. The topological polar surface area (TPSA) is 40.5 Å². The second kappa shape index (κ2) is 3.64. The number of allylic oxidation sites excluding steroid dienone is 1. The van der Waals surface area contributed by atoms with Crippen LogP contribution in [0.2, 0.25) is 0 Å². The van der Waals surface area contributed by atoms with Gasteiger partial charge in [0.15, 0.2) is 0 Å². The number of hydrogen-bond acceptors (Lipinski definition) is 2. The van der Waals surface area contributed by atoms with Gasteiger partial charge < -0.3 is 10.2 Å². The molecule has 0 aliphatic carbocycles. The first-order valence-corrected chi connectivity index (χ1v) is 3.13. The van der Waals surface area contributed by atoms with Gasteiger partial charge in [-0.3, -0.25) is 0 Å². The molecule has 0 heterocycles. The maximum Gasteiger partial charge on any atom is 0.103 e. The molecule has 0 spiro atoms. The van der Waals surface area contributed by atoms with Crippen molar-refractivity contribution in [1.29, 1.82) is 0 Å². The summed E-state index contributed by atoms with van der Waals surface area (Å²) in [7, 11) is 0. The van der Waals surface area contributed by atoms with Gasteiger partial charge in [-0.2, -0.15) is 0 Å². The summed E-state index contributed by atoms with van der Waals surface area (Å²) in [6, 6.07) is 0. The Morgan fingerprint density at radius 3 is 2.44 bits per heavy atom. The van der Waals surface area contributed by atoms with Crippen LogP contribution < -0.4 is 0 Å². The Labute approximate surface area is 55.8 Å². The average Bonchev–Trinajstić information content (AvgIpc) is 1.84. The molecule has 2 N–H and O–H groups in total. The van der Waals surface area contributed by atoms with Crippen LogP contribution >= 0.6 is 0 Å². The van der Waals surface area contributed by atoms with Crippen LogP contribution in [0.5, 0.6) is 0 Å². The predicted octanol–water partition coefficient (Wildman–Crippen LogP) is 0.696. The first-order chi connectivity index (χ1) is 4.12. The Hall–Kier alpha value is -0.340. The molecule has 0 aliphatic heterocycles. The SMILES string of the molecule is CCC=CC(C)(O)CO. The van der Waals surface area contributed by atoms with Crippen molar-refractivity contribution in [2.45, 2.75) is 25.9 Å². The Morgan fingerprint density at radius 2 is 2.11 bits per heavy atom. The van der Waals surface area contributed by atoms with Crippen molar-refractivity contribution in [2.24, 2.45) is 0 Å². The van der Waals surface area contributed by atoms with Crippen molar-refractivity contribution in [3.63, 3.8) is 0 Å². The van der Waals surface area contributed by atoms with Crippen molar-refractivity contribution in [3.05, 3.63) is 12.2 Å². The molecule has 0 saturated carbocycles. The molecule has 1 atom stereocenters. The normalized spacial score (nSPS) is 18.2. The minimum absolute atomic E-state index is 0.219. The van der Waals surface area contributed by atoms with E-state index in [0.29, 0.717) is 0 Å². The standard InChI is InChI=1S/C7H14O2/c1-3-4-5-7(2,9)6-8/h4-5,8-9H,3,6H2,1-2H3. The summed E-state index contributed by atoms with van der Waals surface area (Å²) < 4.78 is 0. The molecule has 0 aromatic carbocycles. The highest BCUT2D eigenvalue weighted by atomic mass is 16.3. The molecule has 1 unspecified atom stereocenters. The largest absolute Gasteiger partial charge is 0.393 e. The number of hydrogen-bond donors (Lipinski definition) is 2. The van der Waals surface area contributed by atoms with Crippen LogP contribution in [0, 0.1) is 0 Å². The van der Waals surface area contributed by atoms with E-state index in [1.54, 1.807) is 13.0 Å². The van der Waals surface area contributed by atoms with E-state index in [4.69, 9.17) is 10.2 Å². The van der Waals surface area contributed by atoms with Gasteiger partial charge in [0, 0.05) is 0 Å². The van der Waals surface area contributed by atoms with Crippen molar-refractivity contribution < 1.29 is 10.2 Å². The zero-order valence-corrected chi connectivity index (χ0v) is 5.96. The van der Waals surface area contributed by atoms with Crippen LogP contribution in [0.3, 0.4) is 0 Å². The number of aliphatic hydroxyl groups excluding tert-OH is 1. The van der Waals surface area contributed by atoms with Gasteiger partial charge >= 0.3 is 0 Å². The molecule has 54 valence electrons. The number of aliphatic hydroxyl groups is 2. The van der Waals surface area contributed by atoms with Gasteiger partial charge in [0.2, 0.25) is 0 Å². The number of rotatable bonds is 3. The molecule has 2 nitrogen and oxygen atoms in total. The zero-order chi connectivity index (χ0) is 7.33. The summed E-state index contributed by atoms with van der Waals surface area (Å²) in [4.78, 5) is 0. The molecule has 0 fully saturated rings. The van der Waals surface area contributed by atoms with E-state index in [-0.39, 0.29) is 6.61 Å². The first-order valence-electron chi connectivity index (χ1n) is 3.13. The van der Waals surface area contributed by atoms with Crippen LogP contribution in [0.25, 0.3) is 0 Å². The van der Waals surface area contributed by atoms with Gasteiger partial charge in [0.25, 0.3) is 0 Å². The molecule has 0 saturated heterocycles.